The van der Waals surface area contributed by atoms with Crippen LogP contribution in [0.3, 0.4) is 0 Å². The highest BCUT2D eigenvalue weighted by Gasteiger charge is 2.08. The van der Waals surface area contributed by atoms with Gasteiger partial charge >= 0.3 is 0 Å². The molecule has 0 aliphatic carbocycles. The van der Waals surface area contributed by atoms with Crippen LogP contribution in [-0.2, 0) is 17.6 Å². The molecule has 0 saturated carbocycles. The lowest BCUT2D eigenvalue weighted by atomic mass is 10.2. The molecule has 102 valence electrons. The molecule has 0 aliphatic rings. The molecule has 0 aliphatic heterocycles. The highest BCUT2D eigenvalue weighted by molar-refractivity contribution is 5.76. The number of hydrogen-bond acceptors (Lipinski definition) is 5. The average Bonchev–Trinajstić information content (AvgIpc) is 2.77. The molecule has 0 aromatic carbocycles. The number of nitrogens with two attached hydrogens (primary N) is 1. The van der Waals surface area contributed by atoms with Crippen LogP contribution in [0.4, 0.5) is 0 Å². The lowest BCUT2D eigenvalue weighted by molar-refractivity contribution is -0.121. The summed E-state index contributed by atoms with van der Waals surface area (Å²) >= 11 is 0. The largest absolute Gasteiger partial charge is 0.352 e. The Kier molecular flexibility index (Phi) is 6.35. The lowest BCUT2D eigenvalue weighted by Crippen LogP contribution is -2.37. The molecular weight excluding hydrogens is 232 g/mol. The van der Waals surface area contributed by atoms with E-state index in [0.717, 1.165) is 18.7 Å². The molecule has 1 heterocycles. The van der Waals surface area contributed by atoms with Crippen molar-refractivity contribution in [2.75, 3.05) is 6.54 Å². The summed E-state index contributed by atoms with van der Waals surface area (Å²) in [6.07, 6.45) is 3.63. The molecule has 0 radical (unpaired) electrons. The Morgan fingerprint density at radius 3 is 2.94 bits per heavy atom. The maximum Gasteiger partial charge on any atom is 0.226 e. The summed E-state index contributed by atoms with van der Waals surface area (Å²) < 4.78 is 5.09. The molecule has 18 heavy (non-hydrogen) atoms. The van der Waals surface area contributed by atoms with Crippen LogP contribution in [0.2, 0.25) is 0 Å². The van der Waals surface area contributed by atoms with Crippen LogP contribution < -0.4 is 11.1 Å². The molecule has 3 N–H and O–H groups in total. The molecule has 1 aromatic heterocycles. The molecule has 0 unspecified atom stereocenters. The van der Waals surface area contributed by atoms with E-state index in [9.17, 15) is 4.79 Å². The predicted molar refractivity (Wildman–Crippen MR) is 67.9 cm³/mol. The second kappa shape index (κ2) is 7.81. The fraction of sp³-hybridized carbons (Fsp3) is 0.750. The minimum atomic E-state index is 0.0150. The van der Waals surface area contributed by atoms with Gasteiger partial charge in [-0.15, -0.1) is 0 Å². The van der Waals surface area contributed by atoms with Crippen molar-refractivity contribution >= 4 is 5.91 Å². The van der Waals surface area contributed by atoms with Crippen LogP contribution in [0, 0.1) is 0 Å². The van der Waals surface area contributed by atoms with Gasteiger partial charge in [-0.05, 0) is 19.8 Å². The van der Waals surface area contributed by atoms with Gasteiger partial charge in [0.05, 0.1) is 0 Å². The Balaban J connectivity index is 2.22. The van der Waals surface area contributed by atoms with E-state index >= 15 is 0 Å². The molecule has 6 heteroatoms. The monoisotopic (exact) mass is 254 g/mol. The summed E-state index contributed by atoms with van der Waals surface area (Å²) in [5, 5.41) is 6.67. The van der Waals surface area contributed by atoms with Crippen molar-refractivity contribution in [1.82, 2.24) is 15.5 Å². The van der Waals surface area contributed by atoms with E-state index in [0.29, 0.717) is 31.7 Å². The van der Waals surface area contributed by atoms with Gasteiger partial charge in [0.2, 0.25) is 11.8 Å². The highest BCUT2D eigenvalue weighted by atomic mass is 16.5. The van der Waals surface area contributed by atoms with Crippen LogP contribution >= 0.6 is 0 Å². The first-order chi connectivity index (χ1) is 8.65. The van der Waals surface area contributed by atoms with Crippen LogP contribution in [0.25, 0.3) is 0 Å². The van der Waals surface area contributed by atoms with E-state index in [1.807, 2.05) is 6.92 Å². The highest BCUT2D eigenvalue weighted by Crippen LogP contribution is 2.04. The van der Waals surface area contributed by atoms with Crippen LogP contribution in [0.15, 0.2) is 4.52 Å². The Morgan fingerprint density at radius 2 is 2.28 bits per heavy atom. The number of hydrogen-bond donors (Lipinski definition) is 2. The third-order valence-corrected chi connectivity index (χ3v) is 2.54. The van der Waals surface area contributed by atoms with Crippen molar-refractivity contribution in [1.29, 1.82) is 0 Å². The summed E-state index contributed by atoms with van der Waals surface area (Å²) in [4.78, 5) is 15.7. The molecule has 1 amide bonds. The van der Waals surface area contributed by atoms with E-state index in [-0.39, 0.29) is 11.9 Å². The Hall–Kier alpha value is -1.43. The Labute approximate surface area is 107 Å². The summed E-state index contributed by atoms with van der Waals surface area (Å²) in [5.74, 6) is 1.37. The number of aromatic nitrogens is 2. The summed E-state index contributed by atoms with van der Waals surface area (Å²) in [5.41, 5.74) is 5.42. The standard InChI is InChI=1S/C12H22N4O2/c1-3-5-10-15-12(18-16-10)7-4-6-11(17)14-9(2)8-13/h9H,3-8,13H2,1-2H3,(H,14,17)/t9-/m0/s1. The quantitative estimate of drug-likeness (QED) is 0.716. The Morgan fingerprint density at radius 1 is 1.50 bits per heavy atom. The van der Waals surface area contributed by atoms with Gasteiger partial charge in [-0.3, -0.25) is 4.79 Å². The van der Waals surface area contributed by atoms with Gasteiger partial charge in [-0.25, -0.2) is 0 Å². The fourth-order valence-electron chi connectivity index (χ4n) is 1.52. The van der Waals surface area contributed by atoms with Gasteiger partial charge in [0.15, 0.2) is 5.82 Å². The zero-order chi connectivity index (χ0) is 13.4. The maximum atomic E-state index is 11.5. The molecule has 1 atom stereocenters. The molecule has 1 aromatic rings. The van der Waals surface area contributed by atoms with Crippen LogP contribution in [0.1, 0.15) is 44.8 Å². The average molecular weight is 254 g/mol. The van der Waals surface area contributed by atoms with E-state index in [2.05, 4.69) is 22.4 Å². The van der Waals surface area contributed by atoms with Gasteiger partial charge in [-0.1, -0.05) is 12.1 Å². The normalized spacial score (nSPS) is 12.4. The van der Waals surface area contributed by atoms with E-state index in [1.165, 1.54) is 0 Å². The molecule has 0 bridgehead atoms. The van der Waals surface area contributed by atoms with Gasteiger partial charge in [0.1, 0.15) is 0 Å². The lowest BCUT2D eigenvalue weighted by Gasteiger charge is -2.10. The van der Waals surface area contributed by atoms with E-state index < -0.39 is 0 Å². The van der Waals surface area contributed by atoms with Crippen molar-refractivity contribution in [3.63, 3.8) is 0 Å². The predicted octanol–water partition coefficient (Wildman–Crippen LogP) is 0.808. The molecule has 0 saturated heterocycles. The topological polar surface area (TPSA) is 94.0 Å². The van der Waals surface area contributed by atoms with E-state index in [1.54, 1.807) is 0 Å². The zero-order valence-electron chi connectivity index (χ0n) is 11.1. The molecule has 0 spiro atoms. The van der Waals surface area contributed by atoms with Crippen molar-refractivity contribution in [3.8, 4) is 0 Å². The summed E-state index contributed by atoms with van der Waals surface area (Å²) in [6.45, 7) is 4.40. The Bertz CT molecular complexity index is 365. The SMILES string of the molecule is CCCc1noc(CCCC(=O)N[C@@H](C)CN)n1. The second-order valence-corrected chi connectivity index (χ2v) is 4.41. The number of carbonyl (C=O) groups excluding carboxylic acids is 1. The first-order valence-electron chi connectivity index (χ1n) is 6.46. The van der Waals surface area contributed by atoms with Crippen molar-refractivity contribution < 1.29 is 9.32 Å². The first-order valence-corrected chi connectivity index (χ1v) is 6.46. The number of carbonyl (C=O) groups is 1. The number of aryl methyl sites for hydroxylation is 2. The molecule has 0 fully saturated rings. The van der Waals surface area contributed by atoms with Gasteiger partial charge in [0, 0.05) is 31.8 Å². The second-order valence-electron chi connectivity index (χ2n) is 4.41. The minimum Gasteiger partial charge on any atom is -0.352 e. The van der Waals surface area contributed by atoms with Gasteiger partial charge in [0.25, 0.3) is 0 Å². The van der Waals surface area contributed by atoms with E-state index in [4.69, 9.17) is 10.3 Å². The molecule has 1 rings (SSSR count). The first kappa shape index (κ1) is 14.6. The van der Waals surface area contributed by atoms with Gasteiger partial charge in [-0.2, -0.15) is 4.98 Å². The molecular formula is C12H22N4O2. The van der Waals surface area contributed by atoms with Crippen molar-refractivity contribution in [2.45, 2.75) is 52.0 Å². The van der Waals surface area contributed by atoms with Gasteiger partial charge < -0.3 is 15.6 Å². The zero-order valence-corrected chi connectivity index (χ0v) is 11.1. The fourth-order valence-corrected chi connectivity index (χ4v) is 1.52. The minimum absolute atomic E-state index is 0.0150. The maximum absolute atomic E-state index is 11.5. The smallest absolute Gasteiger partial charge is 0.226 e. The number of rotatable bonds is 8. The van der Waals surface area contributed by atoms with Crippen LogP contribution in [-0.4, -0.2) is 28.6 Å². The summed E-state index contributed by atoms with van der Waals surface area (Å²) in [6, 6.07) is 0.0251. The number of nitrogens with zero attached hydrogens (tertiary/aromatic N) is 2. The summed E-state index contributed by atoms with van der Waals surface area (Å²) in [7, 11) is 0. The molecule has 6 nitrogen and oxygen atoms in total. The third-order valence-electron chi connectivity index (χ3n) is 2.54. The third kappa shape index (κ3) is 5.27. The number of amides is 1. The van der Waals surface area contributed by atoms with Crippen molar-refractivity contribution in [2.24, 2.45) is 5.73 Å². The van der Waals surface area contributed by atoms with Crippen molar-refractivity contribution in [3.05, 3.63) is 11.7 Å². The van der Waals surface area contributed by atoms with Crippen LogP contribution in [0.5, 0.6) is 0 Å². The number of nitrogens with one attached hydrogen (secondary N) is 1.